The van der Waals surface area contributed by atoms with Gasteiger partial charge in [-0.05, 0) is 30.3 Å². The van der Waals surface area contributed by atoms with Crippen LogP contribution < -0.4 is 10.7 Å². The SMILES string of the molecule is O=C(CCC(=O)Nc1ccc(F)cc1)N/N=C\c1ccccc1Cl. The Labute approximate surface area is 143 Å². The maximum absolute atomic E-state index is 12.8. The topological polar surface area (TPSA) is 70.6 Å². The van der Waals surface area contributed by atoms with Crippen molar-refractivity contribution in [3.63, 3.8) is 0 Å². The fourth-order valence-electron chi connectivity index (χ4n) is 1.79. The number of amides is 2. The molecule has 0 aromatic heterocycles. The van der Waals surface area contributed by atoms with Crippen molar-refractivity contribution in [3.05, 3.63) is 64.9 Å². The average Bonchev–Trinajstić information content (AvgIpc) is 2.57. The summed E-state index contributed by atoms with van der Waals surface area (Å²) in [4.78, 5) is 23.3. The Morgan fingerprint density at radius 1 is 1.04 bits per heavy atom. The molecule has 0 aliphatic heterocycles. The first-order chi connectivity index (χ1) is 11.5. The van der Waals surface area contributed by atoms with Gasteiger partial charge in [0.25, 0.3) is 0 Å². The van der Waals surface area contributed by atoms with Crippen molar-refractivity contribution in [2.45, 2.75) is 12.8 Å². The van der Waals surface area contributed by atoms with E-state index in [1.807, 2.05) is 0 Å². The maximum Gasteiger partial charge on any atom is 0.240 e. The fourth-order valence-corrected chi connectivity index (χ4v) is 1.98. The van der Waals surface area contributed by atoms with E-state index in [0.717, 1.165) is 0 Å². The van der Waals surface area contributed by atoms with Crippen molar-refractivity contribution in [1.82, 2.24) is 5.43 Å². The summed E-state index contributed by atoms with van der Waals surface area (Å²) in [5.74, 6) is -1.12. The van der Waals surface area contributed by atoms with Crippen LogP contribution in [0.1, 0.15) is 18.4 Å². The van der Waals surface area contributed by atoms with Crippen LogP contribution in [0, 0.1) is 5.82 Å². The van der Waals surface area contributed by atoms with Crippen LogP contribution in [-0.4, -0.2) is 18.0 Å². The Bertz CT molecular complexity index is 748. The van der Waals surface area contributed by atoms with Gasteiger partial charge in [0, 0.05) is 29.1 Å². The second-order valence-corrected chi connectivity index (χ2v) is 5.28. The molecule has 0 aliphatic rings. The molecule has 7 heteroatoms. The summed E-state index contributed by atoms with van der Waals surface area (Å²) in [7, 11) is 0. The minimum Gasteiger partial charge on any atom is -0.326 e. The highest BCUT2D eigenvalue weighted by Crippen LogP contribution is 2.12. The number of hydrogen-bond acceptors (Lipinski definition) is 3. The first kappa shape index (κ1) is 17.6. The Hall–Kier alpha value is -2.73. The monoisotopic (exact) mass is 347 g/mol. The molecule has 0 bridgehead atoms. The van der Waals surface area contributed by atoms with Crippen LogP contribution in [0.3, 0.4) is 0 Å². The van der Waals surface area contributed by atoms with E-state index in [2.05, 4.69) is 15.8 Å². The van der Waals surface area contributed by atoms with E-state index >= 15 is 0 Å². The Balaban J connectivity index is 1.73. The van der Waals surface area contributed by atoms with Crippen LogP contribution in [0.25, 0.3) is 0 Å². The van der Waals surface area contributed by atoms with Crippen LogP contribution in [0.15, 0.2) is 53.6 Å². The average molecular weight is 348 g/mol. The summed E-state index contributed by atoms with van der Waals surface area (Å²) in [6, 6.07) is 12.4. The van der Waals surface area contributed by atoms with Crippen LogP contribution >= 0.6 is 11.6 Å². The third kappa shape index (κ3) is 5.81. The molecule has 0 heterocycles. The molecule has 0 fully saturated rings. The first-order valence-electron chi connectivity index (χ1n) is 7.16. The zero-order chi connectivity index (χ0) is 17.4. The van der Waals surface area contributed by atoms with Gasteiger partial charge in [-0.3, -0.25) is 9.59 Å². The third-order valence-electron chi connectivity index (χ3n) is 3.01. The van der Waals surface area contributed by atoms with Crippen LogP contribution in [0.2, 0.25) is 5.02 Å². The fraction of sp³-hybridized carbons (Fsp3) is 0.118. The third-order valence-corrected chi connectivity index (χ3v) is 3.35. The molecule has 2 aromatic rings. The number of nitrogens with one attached hydrogen (secondary N) is 2. The summed E-state index contributed by atoms with van der Waals surface area (Å²) >= 11 is 5.95. The van der Waals surface area contributed by atoms with E-state index in [-0.39, 0.29) is 24.6 Å². The van der Waals surface area contributed by atoms with Crippen molar-refractivity contribution in [3.8, 4) is 0 Å². The lowest BCUT2D eigenvalue weighted by Crippen LogP contribution is -2.20. The Kier molecular flexibility index (Phi) is 6.45. The zero-order valence-electron chi connectivity index (χ0n) is 12.6. The molecule has 2 N–H and O–H groups in total. The molecular formula is C17H15ClFN3O2. The molecule has 0 unspecified atom stereocenters. The normalized spacial score (nSPS) is 10.6. The van der Waals surface area contributed by atoms with E-state index < -0.39 is 5.91 Å². The molecule has 24 heavy (non-hydrogen) atoms. The number of anilines is 1. The highest BCUT2D eigenvalue weighted by Gasteiger charge is 2.07. The number of carbonyl (C=O) groups excluding carboxylic acids is 2. The van der Waals surface area contributed by atoms with Gasteiger partial charge in [-0.15, -0.1) is 0 Å². The summed E-state index contributed by atoms with van der Waals surface area (Å²) in [5.41, 5.74) is 3.47. The van der Waals surface area contributed by atoms with Crippen molar-refractivity contribution < 1.29 is 14.0 Å². The van der Waals surface area contributed by atoms with Crippen LogP contribution in [-0.2, 0) is 9.59 Å². The van der Waals surface area contributed by atoms with E-state index in [4.69, 9.17) is 11.6 Å². The molecule has 0 radical (unpaired) electrons. The number of halogens is 2. The predicted molar refractivity (Wildman–Crippen MR) is 91.5 cm³/mol. The number of nitrogens with zero attached hydrogens (tertiary/aromatic N) is 1. The highest BCUT2D eigenvalue weighted by molar-refractivity contribution is 6.33. The van der Waals surface area contributed by atoms with E-state index in [1.54, 1.807) is 24.3 Å². The minimum absolute atomic E-state index is 0.00910. The quantitative estimate of drug-likeness (QED) is 0.621. The number of benzene rings is 2. The summed E-state index contributed by atoms with van der Waals surface area (Å²) in [6.07, 6.45) is 1.40. The molecule has 0 saturated heterocycles. The molecule has 0 saturated carbocycles. The zero-order valence-corrected chi connectivity index (χ0v) is 13.4. The molecule has 2 aromatic carbocycles. The lowest BCUT2D eigenvalue weighted by atomic mass is 10.2. The summed E-state index contributed by atoms with van der Waals surface area (Å²) in [5, 5.41) is 6.89. The van der Waals surface area contributed by atoms with Crippen molar-refractivity contribution in [2.24, 2.45) is 5.10 Å². The standard InChI is InChI=1S/C17H15ClFN3O2/c18-15-4-2-1-3-12(15)11-20-22-17(24)10-9-16(23)21-14-7-5-13(19)6-8-14/h1-8,11H,9-10H2,(H,21,23)(H,22,24)/b20-11-. The Morgan fingerprint density at radius 3 is 2.42 bits per heavy atom. The summed E-state index contributed by atoms with van der Waals surface area (Å²) < 4.78 is 12.8. The lowest BCUT2D eigenvalue weighted by Gasteiger charge is -2.04. The van der Waals surface area contributed by atoms with Gasteiger partial charge < -0.3 is 5.32 Å². The number of hydrazone groups is 1. The van der Waals surface area contributed by atoms with E-state index in [0.29, 0.717) is 16.3 Å². The number of carbonyl (C=O) groups is 2. The number of hydrogen-bond donors (Lipinski definition) is 2. The Morgan fingerprint density at radius 2 is 1.71 bits per heavy atom. The van der Waals surface area contributed by atoms with Crippen molar-refractivity contribution in [2.75, 3.05) is 5.32 Å². The van der Waals surface area contributed by atoms with Crippen LogP contribution in [0.5, 0.6) is 0 Å². The molecule has 2 amide bonds. The second-order valence-electron chi connectivity index (χ2n) is 4.87. The van der Waals surface area contributed by atoms with Gasteiger partial charge in [-0.2, -0.15) is 5.10 Å². The minimum atomic E-state index is -0.396. The highest BCUT2D eigenvalue weighted by atomic mass is 35.5. The summed E-state index contributed by atoms with van der Waals surface area (Å²) in [6.45, 7) is 0. The molecule has 2 rings (SSSR count). The molecule has 0 spiro atoms. The molecule has 0 aliphatic carbocycles. The van der Waals surface area contributed by atoms with E-state index in [9.17, 15) is 14.0 Å². The van der Waals surface area contributed by atoms with Gasteiger partial charge in [0.1, 0.15) is 5.82 Å². The van der Waals surface area contributed by atoms with Crippen molar-refractivity contribution >= 4 is 35.3 Å². The van der Waals surface area contributed by atoms with Gasteiger partial charge >= 0.3 is 0 Å². The largest absolute Gasteiger partial charge is 0.326 e. The van der Waals surface area contributed by atoms with Crippen LogP contribution in [0.4, 0.5) is 10.1 Å². The predicted octanol–water partition coefficient (Wildman–Crippen LogP) is 3.35. The second kappa shape index (κ2) is 8.79. The van der Waals surface area contributed by atoms with Gasteiger partial charge in [-0.25, -0.2) is 9.82 Å². The smallest absolute Gasteiger partial charge is 0.240 e. The van der Waals surface area contributed by atoms with Gasteiger partial charge in [-0.1, -0.05) is 29.8 Å². The molecular weight excluding hydrogens is 333 g/mol. The first-order valence-corrected chi connectivity index (χ1v) is 7.54. The van der Waals surface area contributed by atoms with E-state index in [1.165, 1.54) is 30.5 Å². The lowest BCUT2D eigenvalue weighted by molar-refractivity contribution is -0.124. The maximum atomic E-state index is 12.8. The molecule has 0 atom stereocenters. The molecule has 5 nitrogen and oxygen atoms in total. The van der Waals surface area contributed by atoms with Gasteiger partial charge in [0.2, 0.25) is 11.8 Å². The molecule has 124 valence electrons. The number of rotatable bonds is 6. The van der Waals surface area contributed by atoms with Gasteiger partial charge in [0.15, 0.2) is 0 Å². The van der Waals surface area contributed by atoms with Gasteiger partial charge in [0.05, 0.1) is 6.21 Å². The van der Waals surface area contributed by atoms with Crippen molar-refractivity contribution in [1.29, 1.82) is 0 Å².